The van der Waals surface area contributed by atoms with Crippen LogP contribution in [0, 0.1) is 35.5 Å². The van der Waals surface area contributed by atoms with Gasteiger partial charge in [0.05, 0.1) is 60.8 Å². The fourth-order valence-corrected chi connectivity index (χ4v) is 9.64. The molecule has 5 amide bonds. The van der Waals surface area contributed by atoms with Gasteiger partial charge >= 0.3 is 0 Å². The van der Waals surface area contributed by atoms with E-state index in [2.05, 4.69) is 69.3 Å². The zero-order valence-electron chi connectivity index (χ0n) is 49.0. The number of benzene rings is 3. The number of amides is 5. The van der Waals surface area contributed by atoms with Crippen LogP contribution in [0.15, 0.2) is 79.4 Å². The fourth-order valence-electron chi connectivity index (χ4n) is 9.64. The molecule has 0 spiro atoms. The van der Waals surface area contributed by atoms with Crippen LogP contribution in [0.5, 0.6) is 34.5 Å². The first-order valence-electron chi connectivity index (χ1n) is 26.8. The summed E-state index contributed by atoms with van der Waals surface area (Å²) < 4.78 is 62.1. The van der Waals surface area contributed by atoms with Crippen molar-refractivity contribution in [3.8, 4) is 70.0 Å². The van der Waals surface area contributed by atoms with E-state index in [-0.39, 0.29) is 82.4 Å². The molecule has 6 aromatic rings. The number of primary amides is 3. The van der Waals surface area contributed by atoms with Gasteiger partial charge in [-0.2, -0.15) is 15.3 Å². The van der Waals surface area contributed by atoms with Gasteiger partial charge in [0.25, 0.3) is 29.5 Å². The maximum atomic E-state index is 13.2. The average molecular weight is 1210 g/mol. The maximum Gasteiger partial charge on any atom is 0.282 e. The summed E-state index contributed by atoms with van der Waals surface area (Å²) in [4.78, 5) is 62.1. The summed E-state index contributed by atoms with van der Waals surface area (Å²) in [5.74, 6) is 15.3. The molecule has 28 heteroatoms. The Bertz CT molecular complexity index is 3670. The molecule has 3 aromatic heterocycles. The number of hydrogen-bond acceptors (Lipinski definition) is 18. The molecular weight excluding hydrogens is 1140 g/mol. The minimum Gasteiger partial charge on any atom is -0.497 e. The van der Waals surface area contributed by atoms with Crippen molar-refractivity contribution in [3.05, 3.63) is 130 Å². The van der Waals surface area contributed by atoms with Gasteiger partial charge in [-0.25, -0.2) is 22.8 Å². The molecule has 13 N–H and O–H groups in total. The van der Waals surface area contributed by atoms with Gasteiger partial charge in [-0.3, -0.25) is 24.0 Å². The van der Waals surface area contributed by atoms with E-state index in [4.69, 9.17) is 62.8 Å². The van der Waals surface area contributed by atoms with E-state index in [1.165, 1.54) is 47.6 Å². The molecule has 0 saturated carbocycles. The van der Waals surface area contributed by atoms with Gasteiger partial charge in [0.1, 0.15) is 68.6 Å². The number of halogens is 2. The molecule has 3 aromatic carbocycles. The number of ether oxygens (including phenoxy) is 6. The van der Waals surface area contributed by atoms with Gasteiger partial charge in [0.2, 0.25) is 0 Å². The van der Waals surface area contributed by atoms with Crippen LogP contribution in [0.25, 0.3) is 0 Å². The third-order valence-corrected chi connectivity index (χ3v) is 14.0. The van der Waals surface area contributed by atoms with E-state index >= 15 is 0 Å². The predicted molar refractivity (Wildman–Crippen MR) is 320 cm³/mol. The zero-order chi connectivity index (χ0) is 64.1. The number of methoxy groups -OCH3 is 6. The maximum absolute atomic E-state index is 13.2. The van der Waals surface area contributed by atoms with Gasteiger partial charge in [-0.1, -0.05) is 30.9 Å². The highest BCUT2D eigenvalue weighted by atomic mass is 19.1. The Kier molecular flexibility index (Phi) is 20.9. The Morgan fingerprint density at radius 3 is 1.00 bits per heavy atom. The Morgan fingerprint density at radius 1 is 0.477 bits per heavy atom. The quantitative estimate of drug-likeness (QED) is 0.0609. The average Bonchev–Trinajstić information content (AvgIpc) is 2.89. The van der Waals surface area contributed by atoms with Crippen LogP contribution < -0.4 is 68.1 Å². The number of carbonyl (C=O) groups is 5. The second-order valence-electron chi connectivity index (χ2n) is 19.7. The predicted octanol–water partition coefficient (Wildman–Crippen LogP) is 2.99. The minimum absolute atomic E-state index is 0.0120. The molecule has 460 valence electrons. The molecule has 0 unspecified atom stereocenters. The number of aromatic nitrogens is 6. The second kappa shape index (κ2) is 28.6. The van der Waals surface area contributed by atoms with Crippen LogP contribution in [0.4, 0.5) is 26.2 Å². The van der Waals surface area contributed by atoms with Crippen LogP contribution in [-0.2, 0) is 9.59 Å². The summed E-state index contributed by atoms with van der Waals surface area (Å²) in [7, 11) is 9.21. The summed E-state index contributed by atoms with van der Waals surface area (Å²) in [6.45, 7) is 8.64. The molecule has 3 atom stereocenters. The first kappa shape index (κ1) is 64.4. The first-order chi connectivity index (χ1) is 42.0. The lowest BCUT2D eigenvalue weighted by molar-refractivity contribution is -0.128. The topological polar surface area (TPSA) is 369 Å². The van der Waals surface area contributed by atoms with E-state index in [1.54, 1.807) is 73.5 Å². The van der Waals surface area contributed by atoms with Crippen LogP contribution >= 0.6 is 0 Å². The van der Waals surface area contributed by atoms with E-state index < -0.39 is 41.2 Å². The number of likely N-dealkylation sites (tertiary alicyclic amines) is 2. The summed E-state index contributed by atoms with van der Waals surface area (Å²) in [5.41, 5.74) is 37.2. The van der Waals surface area contributed by atoms with Crippen LogP contribution in [-0.4, -0.2) is 151 Å². The second-order valence-corrected chi connectivity index (χ2v) is 19.7. The molecular formula is C60H65F2N15O11. The van der Waals surface area contributed by atoms with Crippen molar-refractivity contribution in [2.24, 2.45) is 17.2 Å². The molecule has 6 heterocycles. The number of nitrogens with zero attached hydrogens (tertiary/aromatic N) is 8. The first-order valence-corrected chi connectivity index (χ1v) is 26.8. The molecule has 3 saturated heterocycles. The largest absolute Gasteiger partial charge is 0.497 e. The highest BCUT2D eigenvalue weighted by molar-refractivity contribution is 6.01. The van der Waals surface area contributed by atoms with Crippen molar-refractivity contribution >= 4 is 47.0 Å². The van der Waals surface area contributed by atoms with Crippen molar-refractivity contribution in [3.63, 3.8) is 0 Å². The molecule has 3 fully saturated rings. The number of nitrogen functional groups attached to an aromatic ring is 3. The van der Waals surface area contributed by atoms with Gasteiger partial charge in [0.15, 0.2) is 28.7 Å². The Morgan fingerprint density at radius 2 is 0.761 bits per heavy atom. The highest BCUT2D eigenvalue weighted by Gasteiger charge is 2.34. The van der Waals surface area contributed by atoms with Gasteiger partial charge in [-0.05, 0) is 80.0 Å². The monoisotopic (exact) mass is 1210 g/mol. The van der Waals surface area contributed by atoms with Crippen LogP contribution in [0.3, 0.4) is 0 Å². The standard InChI is InChI=1S/2C21H22FN5O4.C18H21N5O3/c2*1-12(22)21(29)26-7-6-14(11-26)27-19(23)18(20(24)28)17(25-27)5-4-13-8-15(30-2)10-16(9-13)31-3;1-25-13-7-11(8-14(9-13)26-2)3-4-15-16(18(20)24)17(19)23(22-15)12-5-6-21-10-12/h2*8-10,14H,1,6-7,11,23H2,2-3H3,(H2,24,28);7-9,12,21H,5-6,10,19H2,1-2H3,(H2,20,24)/t2*14-;12-/m000/s1. The van der Waals surface area contributed by atoms with Gasteiger partial charge < -0.3 is 77.9 Å². The fraction of sp³-hybridized carbons (Fsp3) is 0.300. The van der Waals surface area contributed by atoms with E-state index in [1.807, 2.05) is 0 Å². The molecule has 0 radical (unpaired) electrons. The summed E-state index contributed by atoms with van der Waals surface area (Å²) in [6, 6.07) is 14.9. The molecule has 3 aliphatic rings. The van der Waals surface area contributed by atoms with Crippen molar-refractivity contribution in [1.29, 1.82) is 0 Å². The van der Waals surface area contributed by atoms with E-state index in [0.29, 0.717) is 77.1 Å². The normalized spacial score (nSPS) is 15.4. The number of anilines is 3. The van der Waals surface area contributed by atoms with Crippen LogP contribution in [0.2, 0.25) is 0 Å². The summed E-state index contributed by atoms with van der Waals surface area (Å²) in [6.07, 6.45) is 1.83. The number of rotatable bonds is 14. The van der Waals surface area contributed by atoms with E-state index in [9.17, 15) is 32.8 Å². The number of nitrogens with two attached hydrogens (primary N) is 6. The smallest absolute Gasteiger partial charge is 0.282 e. The highest BCUT2D eigenvalue weighted by Crippen LogP contribution is 2.32. The lowest BCUT2D eigenvalue weighted by atomic mass is 10.1. The lowest BCUT2D eigenvalue weighted by Crippen LogP contribution is -2.29. The van der Waals surface area contributed by atoms with Crippen molar-refractivity contribution < 1.29 is 61.2 Å². The third kappa shape index (κ3) is 15.0. The molecule has 88 heavy (non-hydrogen) atoms. The number of hydrogen-bond donors (Lipinski definition) is 7. The van der Waals surface area contributed by atoms with E-state index in [0.717, 1.165) is 19.5 Å². The zero-order valence-corrected chi connectivity index (χ0v) is 49.0. The van der Waals surface area contributed by atoms with Crippen molar-refractivity contribution in [2.45, 2.75) is 37.4 Å². The van der Waals surface area contributed by atoms with Crippen LogP contribution in [0.1, 0.15) is 102 Å². The molecule has 0 aliphatic carbocycles. The van der Waals surface area contributed by atoms with Crippen molar-refractivity contribution in [1.82, 2.24) is 44.5 Å². The Balaban J connectivity index is 0.000000189. The number of carbonyl (C=O) groups excluding carboxylic acids is 5. The Hall–Kier alpha value is -11.2. The van der Waals surface area contributed by atoms with Gasteiger partial charge in [0, 0.05) is 67.6 Å². The lowest BCUT2D eigenvalue weighted by Gasteiger charge is -2.16. The molecule has 9 rings (SSSR count). The summed E-state index contributed by atoms with van der Waals surface area (Å²) in [5, 5.41) is 16.4. The number of nitrogens with one attached hydrogen (secondary N) is 1. The SMILES string of the molecule is C=C(F)C(=O)N1CC[C@H](n2nc(C#Cc3cc(OC)cc(OC)c3)c(C(N)=O)c2N)C1.C=C(F)C(=O)N1CC[C@H](n2nc(C#Cc3cc(OC)cc(OC)c3)c(C(N)=O)c2N)C1.COc1cc(C#Cc2nn([C@H]3CCNC3)c(N)c2C(N)=O)cc(OC)c1. The Labute approximate surface area is 504 Å². The summed E-state index contributed by atoms with van der Waals surface area (Å²) >= 11 is 0. The third-order valence-electron chi connectivity index (χ3n) is 14.0. The minimum atomic E-state index is -1.04. The molecule has 0 bridgehead atoms. The molecule has 26 nitrogen and oxygen atoms in total. The van der Waals surface area contributed by atoms with Crippen molar-refractivity contribution in [2.75, 3.05) is 99.1 Å². The van der Waals surface area contributed by atoms with Gasteiger partial charge in [-0.15, -0.1) is 0 Å². The molecule has 3 aliphatic heterocycles.